The molecule has 21 heavy (non-hydrogen) atoms. The summed E-state index contributed by atoms with van der Waals surface area (Å²) >= 11 is 3.53. The van der Waals surface area contributed by atoms with Gasteiger partial charge in [0.25, 0.3) is 0 Å². The van der Waals surface area contributed by atoms with E-state index in [1.54, 1.807) is 22.7 Å². The standard InChI is InChI=1S/C16H11N3S2/c1-2-4-10(5-3-1)11-8-19-12-6-7-13-14(17-9-20-13)15(12)21-16(19)18-11/h1-5,8-9H,6-7H2. The lowest BCUT2D eigenvalue weighted by molar-refractivity contribution is 0.894. The summed E-state index contributed by atoms with van der Waals surface area (Å²) in [5.41, 5.74) is 6.72. The smallest absolute Gasteiger partial charge is 0.195 e. The van der Waals surface area contributed by atoms with Gasteiger partial charge in [-0.2, -0.15) is 0 Å². The molecule has 4 aromatic rings. The Morgan fingerprint density at radius 1 is 1.10 bits per heavy atom. The van der Waals surface area contributed by atoms with Crippen molar-refractivity contribution in [3.63, 3.8) is 0 Å². The van der Waals surface area contributed by atoms with Gasteiger partial charge in [-0.3, -0.25) is 4.40 Å². The number of benzene rings is 1. The molecule has 0 saturated heterocycles. The van der Waals surface area contributed by atoms with E-state index >= 15 is 0 Å². The van der Waals surface area contributed by atoms with E-state index in [0.717, 1.165) is 23.5 Å². The number of fused-ring (bicyclic) bond motifs is 5. The Bertz CT molecular complexity index is 947. The van der Waals surface area contributed by atoms with Crippen molar-refractivity contribution in [2.75, 3.05) is 0 Å². The molecule has 0 aliphatic heterocycles. The van der Waals surface area contributed by atoms with Crippen LogP contribution in [0.15, 0.2) is 42.0 Å². The highest BCUT2D eigenvalue weighted by Crippen LogP contribution is 2.40. The van der Waals surface area contributed by atoms with E-state index < -0.39 is 0 Å². The van der Waals surface area contributed by atoms with Crippen LogP contribution >= 0.6 is 22.7 Å². The Labute approximate surface area is 129 Å². The van der Waals surface area contributed by atoms with Crippen LogP contribution in [-0.4, -0.2) is 14.4 Å². The molecule has 1 aliphatic rings. The van der Waals surface area contributed by atoms with Gasteiger partial charge < -0.3 is 0 Å². The maximum absolute atomic E-state index is 4.80. The van der Waals surface area contributed by atoms with E-state index in [4.69, 9.17) is 4.98 Å². The molecule has 0 bridgehead atoms. The molecular weight excluding hydrogens is 298 g/mol. The molecule has 1 aromatic carbocycles. The van der Waals surface area contributed by atoms with Crippen molar-refractivity contribution in [3.05, 3.63) is 52.6 Å². The minimum Gasteiger partial charge on any atom is -0.293 e. The van der Waals surface area contributed by atoms with E-state index in [-0.39, 0.29) is 0 Å². The van der Waals surface area contributed by atoms with Gasteiger partial charge in [0.2, 0.25) is 0 Å². The number of aryl methyl sites for hydroxylation is 2. The van der Waals surface area contributed by atoms with E-state index in [2.05, 4.69) is 39.8 Å². The van der Waals surface area contributed by atoms with Gasteiger partial charge in [0, 0.05) is 22.3 Å². The molecule has 0 N–H and O–H groups in total. The number of hydrogen-bond donors (Lipinski definition) is 0. The second kappa shape index (κ2) is 4.26. The van der Waals surface area contributed by atoms with Crippen molar-refractivity contribution in [2.24, 2.45) is 0 Å². The number of nitrogens with zero attached hydrogens (tertiary/aromatic N) is 3. The van der Waals surface area contributed by atoms with Crippen LogP contribution in [0.5, 0.6) is 0 Å². The van der Waals surface area contributed by atoms with Crippen LogP contribution in [0.3, 0.4) is 0 Å². The maximum atomic E-state index is 4.80. The lowest BCUT2D eigenvalue weighted by Gasteiger charge is -2.10. The van der Waals surface area contributed by atoms with Crippen molar-refractivity contribution in [3.8, 4) is 21.8 Å². The van der Waals surface area contributed by atoms with E-state index in [1.807, 2.05) is 11.6 Å². The summed E-state index contributed by atoms with van der Waals surface area (Å²) in [7, 11) is 0. The minimum absolute atomic E-state index is 1.05. The summed E-state index contributed by atoms with van der Waals surface area (Å²) in [4.78, 5) is 13.1. The molecule has 0 unspecified atom stereocenters. The van der Waals surface area contributed by atoms with Gasteiger partial charge >= 0.3 is 0 Å². The Morgan fingerprint density at radius 3 is 2.90 bits per heavy atom. The third-order valence-electron chi connectivity index (χ3n) is 3.93. The van der Waals surface area contributed by atoms with Gasteiger partial charge in [-0.15, -0.1) is 11.3 Å². The molecule has 0 radical (unpaired) electrons. The van der Waals surface area contributed by atoms with Gasteiger partial charge in [-0.1, -0.05) is 41.7 Å². The average molecular weight is 309 g/mol. The second-order valence-electron chi connectivity index (χ2n) is 5.15. The lowest BCUT2D eigenvalue weighted by atomic mass is 10.1. The number of hydrogen-bond acceptors (Lipinski definition) is 4. The SMILES string of the molecule is c1ccc(-c2cn3c4c(sc3n2)-c2ncsc2CC4)cc1. The second-order valence-corrected chi connectivity index (χ2v) is 7.06. The summed E-state index contributed by atoms with van der Waals surface area (Å²) < 4.78 is 2.25. The highest BCUT2D eigenvalue weighted by atomic mass is 32.1. The van der Waals surface area contributed by atoms with E-state index in [0.29, 0.717) is 0 Å². The Hall–Kier alpha value is -1.98. The van der Waals surface area contributed by atoms with Crippen molar-refractivity contribution in [1.29, 1.82) is 0 Å². The quantitative estimate of drug-likeness (QED) is 0.525. The summed E-state index contributed by atoms with van der Waals surface area (Å²) in [5, 5.41) is 0. The third kappa shape index (κ3) is 1.65. The molecule has 5 heteroatoms. The molecule has 0 atom stereocenters. The van der Waals surface area contributed by atoms with Crippen LogP contribution in [0, 0.1) is 0 Å². The Morgan fingerprint density at radius 2 is 2.00 bits per heavy atom. The zero-order chi connectivity index (χ0) is 13.8. The minimum atomic E-state index is 1.05. The molecule has 3 aromatic heterocycles. The first kappa shape index (κ1) is 11.7. The summed E-state index contributed by atoms with van der Waals surface area (Å²) in [6.07, 6.45) is 4.34. The van der Waals surface area contributed by atoms with Gasteiger partial charge in [0.1, 0.15) is 0 Å². The molecule has 5 rings (SSSR count). The van der Waals surface area contributed by atoms with Crippen molar-refractivity contribution in [1.82, 2.24) is 14.4 Å². The van der Waals surface area contributed by atoms with Crippen LogP contribution in [0.4, 0.5) is 0 Å². The topological polar surface area (TPSA) is 30.2 Å². The van der Waals surface area contributed by atoms with Crippen LogP contribution < -0.4 is 0 Å². The maximum Gasteiger partial charge on any atom is 0.195 e. The fourth-order valence-corrected chi connectivity index (χ4v) is 4.94. The van der Waals surface area contributed by atoms with Crippen molar-refractivity contribution >= 4 is 27.6 Å². The van der Waals surface area contributed by atoms with Crippen LogP contribution in [0.25, 0.3) is 26.8 Å². The van der Waals surface area contributed by atoms with Gasteiger partial charge in [0.05, 0.1) is 21.8 Å². The van der Waals surface area contributed by atoms with Crippen molar-refractivity contribution < 1.29 is 0 Å². The first-order valence-electron chi connectivity index (χ1n) is 6.89. The fourth-order valence-electron chi connectivity index (χ4n) is 2.92. The fraction of sp³-hybridized carbons (Fsp3) is 0.125. The average Bonchev–Trinajstić information content (AvgIpc) is 3.20. The molecule has 0 amide bonds. The third-order valence-corrected chi connectivity index (χ3v) is 5.93. The molecule has 102 valence electrons. The van der Waals surface area contributed by atoms with Gasteiger partial charge in [0.15, 0.2) is 4.96 Å². The molecule has 0 spiro atoms. The monoisotopic (exact) mass is 309 g/mol. The zero-order valence-electron chi connectivity index (χ0n) is 11.1. The van der Waals surface area contributed by atoms with Gasteiger partial charge in [-0.25, -0.2) is 9.97 Å². The first-order chi connectivity index (χ1) is 10.4. The number of rotatable bonds is 1. The number of imidazole rings is 1. The summed E-state index contributed by atoms with van der Waals surface area (Å²) in [5.74, 6) is 0. The molecule has 1 aliphatic carbocycles. The zero-order valence-corrected chi connectivity index (χ0v) is 12.7. The predicted octanol–water partition coefficient (Wildman–Crippen LogP) is 4.28. The van der Waals surface area contributed by atoms with Crippen LogP contribution in [0.1, 0.15) is 10.6 Å². The normalized spacial score (nSPS) is 13.3. The lowest BCUT2D eigenvalue weighted by Crippen LogP contribution is -2.02. The first-order valence-corrected chi connectivity index (χ1v) is 8.59. The Kier molecular flexibility index (Phi) is 2.36. The van der Waals surface area contributed by atoms with E-state index in [1.165, 1.54) is 26.7 Å². The molecule has 0 fully saturated rings. The van der Waals surface area contributed by atoms with E-state index in [9.17, 15) is 0 Å². The molecule has 3 heterocycles. The van der Waals surface area contributed by atoms with Gasteiger partial charge in [-0.05, 0) is 12.8 Å². The van der Waals surface area contributed by atoms with Crippen molar-refractivity contribution in [2.45, 2.75) is 12.8 Å². The summed E-state index contributed by atoms with van der Waals surface area (Å²) in [6.45, 7) is 0. The molecule has 3 nitrogen and oxygen atoms in total. The Balaban J connectivity index is 1.72. The van der Waals surface area contributed by atoms with Crippen LogP contribution in [-0.2, 0) is 12.8 Å². The predicted molar refractivity (Wildman–Crippen MR) is 87.0 cm³/mol. The van der Waals surface area contributed by atoms with Crippen LogP contribution in [0.2, 0.25) is 0 Å². The largest absolute Gasteiger partial charge is 0.293 e. The highest BCUT2D eigenvalue weighted by Gasteiger charge is 2.24. The molecular formula is C16H11N3S2. The highest BCUT2D eigenvalue weighted by molar-refractivity contribution is 7.21. The number of thiazole rings is 2. The molecule has 0 saturated carbocycles. The number of aromatic nitrogens is 3. The summed E-state index contributed by atoms with van der Waals surface area (Å²) in [6, 6.07) is 10.4.